The molecule has 2 aromatic carbocycles. The molecular weight excluding hydrogens is 309 g/mol. The lowest BCUT2D eigenvalue weighted by Crippen LogP contribution is -2.46. The molecule has 1 saturated carbocycles. The minimum atomic E-state index is -0.813. The highest BCUT2D eigenvalue weighted by atomic mass is 19.1. The van der Waals surface area contributed by atoms with Gasteiger partial charge in [0, 0.05) is 11.3 Å². The summed E-state index contributed by atoms with van der Waals surface area (Å²) in [5.74, 6) is -1.01. The molecule has 0 unspecified atom stereocenters. The lowest BCUT2D eigenvalue weighted by Gasteiger charge is -2.40. The Hall–Kier alpha value is -2.69. The predicted molar refractivity (Wildman–Crippen MR) is 88.3 cm³/mol. The number of benzene rings is 2. The van der Waals surface area contributed by atoms with E-state index in [9.17, 15) is 14.0 Å². The number of rotatable bonds is 4. The molecule has 1 N–H and O–H groups in total. The molecule has 5 heteroatoms. The number of ether oxygens (including phenoxy) is 1. The molecular formula is C19H18FNO3. The van der Waals surface area contributed by atoms with E-state index in [-0.39, 0.29) is 11.7 Å². The van der Waals surface area contributed by atoms with Crippen molar-refractivity contribution in [3.05, 3.63) is 65.5 Å². The third-order valence-electron chi connectivity index (χ3n) is 4.60. The predicted octanol–water partition coefficient (Wildman–Crippen LogP) is 3.67. The highest BCUT2D eigenvalue weighted by Crippen LogP contribution is 2.45. The van der Waals surface area contributed by atoms with Gasteiger partial charge in [0.25, 0.3) is 0 Å². The highest BCUT2D eigenvalue weighted by molar-refractivity contribution is 6.00. The fraction of sp³-hybridized carbons (Fsp3) is 0.263. The number of methoxy groups -OCH3 is 1. The molecule has 0 heterocycles. The van der Waals surface area contributed by atoms with Crippen LogP contribution in [0, 0.1) is 5.82 Å². The first-order valence-electron chi connectivity index (χ1n) is 7.82. The van der Waals surface area contributed by atoms with Crippen molar-refractivity contribution in [3.63, 3.8) is 0 Å². The van der Waals surface area contributed by atoms with E-state index in [0.717, 1.165) is 6.42 Å². The highest BCUT2D eigenvalue weighted by Gasteiger charge is 2.47. The molecule has 0 atom stereocenters. The van der Waals surface area contributed by atoms with Crippen molar-refractivity contribution in [2.24, 2.45) is 0 Å². The normalized spacial score (nSPS) is 15.2. The SMILES string of the molecule is COC(=O)c1ccc(NC(=O)C2(c3ccccc3F)CCC2)cc1. The Morgan fingerprint density at radius 2 is 1.75 bits per heavy atom. The van der Waals surface area contributed by atoms with Gasteiger partial charge < -0.3 is 10.1 Å². The molecule has 124 valence electrons. The van der Waals surface area contributed by atoms with Gasteiger partial charge in [0.05, 0.1) is 18.1 Å². The molecule has 4 nitrogen and oxygen atoms in total. The van der Waals surface area contributed by atoms with E-state index in [4.69, 9.17) is 0 Å². The largest absolute Gasteiger partial charge is 0.465 e. The molecule has 1 aliphatic carbocycles. The summed E-state index contributed by atoms with van der Waals surface area (Å²) in [5.41, 5.74) is 0.602. The first-order valence-corrected chi connectivity index (χ1v) is 7.82. The molecule has 1 amide bonds. The van der Waals surface area contributed by atoms with Crippen molar-refractivity contribution in [2.75, 3.05) is 12.4 Å². The fourth-order valence-corrected chi connectivity index (χ4v) is 3.06. The number of nitrogens with one attached hydrogen (secondary N) is 1. The van der Waals surface area contributed by atoms with Gasteiger partial charge in [-0.3, -0.25) is 4.79 Å². The second-order valence-corrected chi connectivity index (χ2v) is 5.94. The first-order chi connectivity index (χ1) is 11.6. The second-order valence-electron chi connectivity index (χ2n) is 5.94. The monoisotopic (exact) mass is 327 g/mol. The summed E-state index contributed by atoms with van der Waals surface area (Å²) in [7, 11) is 1.31. The van der Waals surface area contributed by atoms with E-state index in [0.29, 0.717) is 29.7 Å². The smallest absolute Gasteiger partial charge is 0.337 e. The summed E-state index contributed by atoms with van der Waals surface area (Å²) in [4.78, 5) is 24.2. The first kappa shape index (κ1) is 16.2. The average Bonchev–Trinajstić information content (AvgIpc) is 2.55. The van der Waals surface area contributed by atoms with E-state index >= 15 is 0 Å². The van der Waals surface area contributed by atoms with Crippen LogP contribution in [0.1, 0.15) is 35.2 Å². The number of amides is 1. The number of hydrogen-bond acceptors (Lipinski definition) is 3. The zero-order valence-corrected chi connectivity index (χ0v) is 13.3. The lowest BCUT2D eigenvalue weighted by molar-refractivity contribution is -0.124. The van der Waals surface area contributed by atoms with Gasteiger partial charge >= 0.3 is 5.97 Å². The van der Waals surface area contributed by atoms with Gasteiger partial charge in [-0.25, -0.2) is 9.18 Å². The van der Waals surface area contributed by atoms with Gasteiger partial charge in [-0.15, -0.1) is 0 Å². The number of carbonyl (C=O) groups excluding carboxylic acids is 2. The van der Waals surface area contributed by atoms with Gasteiger partial charge in [0.2, 0.25) is 5.91 Å². The van der Waals surface area contributed by atoms with Crippen molar-refractivity contribution in [1.82, 2.24) is 0 Å². The summed E-state index contributed by atoms with van der Waals surface area (Å²) in [6.07, 6.45) is 2.14. The zero-order valence-electron chi connectivity index (χ0n) is 13.3. The second kappa shape index (κ2) is 6.43. The topological polar surface area (TPSA) is 55.4 Å². The maximum atomic E-state index is 14.2. The summed E-state index contributed by atoms with van der Waals surface area (Å²) in [6, 6.07) is 12.9. The molecule has 3 rings (SSSR count). The maximum absolute atomic E-state index is 14.2. The molecule has 1 fully saturated rings. The fourth-order valence-electron chi connectivity index (χ4n) is 3.06. The third-order valence-corrected chi connectivity index (χ3v) is 4.60. The van der Waals surface area contributed by atoms with Crippen LogP contribution in [0.25, 0.3) is 0 Å². The van der Waals surface area contributed by atoms with Gasteiger partial charge in [-0.2, -0.15) is 0 Å². The minimum absolute atomic E-state index is 0.218. The van der Waals surface area contributed by atoms with E-state index in [1.54, 1.807) is 42.5 Å². The molecule has 0 aromatic heterocycles. The van der Waals surface area contributed by atoms with Crippen molar-refractivity contribution in [2.45, 2.75) is 24.7 Å². The average molecular weight is 327 g/mol. The van der Waals surface area contributed by atoms with Crippen LogP contribution in [0.3, 0.4) is 0 Å². The van der Waals surface area contributed by atoms with Crippen LogP contribution in [0.2, 0.25) is 0 Å². The molecule has 2 aromatic rings. The van der Waals surface area contributed by atoms with Gasteiger partial charge in [-0.1, -0.05) is 24.6 Å². The van der Waals surface area contributed by atoms with Crippen LogP contribution in [0.15, 0.2) is 48.5 Å². The lowest BCUT2D eigenvalue weighted by atomic mass is 9.63. The summed E-state index contributed by atoms with van der Waals surface area (Å²) in [5, 5.41) is 2.84. The summed E-state index contributed by atoms with van der Waals surface area (Å²) < 4.78 is 18.8. The van der Waals surface area contributed by atoms with Gasteiger partial charge in [-0.05, 0) is 43.2 Å². The van der Waals surface area contributed by atoms with Crippen molar-refractivity contribution >= 4 is 17.6 Å². The quantitative estimate of drug-likeness (QED) is 0.872. The Morgan fingerprint density at radius 3 is 2.29 bits per heavy atom. The Labute approximate surface area is 139 Å². The van der Waals surface area contributed by atoms with Crippen molar-refractivity contribution in [3.8, 4) is 0 Å². The van der Waals surface area contributed by atoms with Crippen LogP contribution in [-0.4, -0.2) is 19.0 Å². The number of halogens is 1. The van der Waals surface area contributed by atoms with Crippen molar-refractivity contribution in [1.29, 1.82) is 0 Å². The maximum Gasteiger partial charge on any atom is 0.337 e. The number of esters is 1. The van der Waals surface area contributed by atoms with Crippen molar-refractivity contribution < 1.29 is 18.7 Å². The van der Waals surface area contributed by atoms with Gasteiger partial charge in [0.15, 0.2) is 0 Å². The number of carbonyl (C=O) groups is 2. The number of anilines is 1. The molecule has 1 aliphatic rings. The summed E-state index contributed by atoms with van der Waals surface area (Å²) in [6.45, 7) is 0. The summed E-state index contributed by atoms with van der Waals surface area (Å²) >= 11 is 0. The molecule has 0 saturated heterocycles. The van der Waals surface area contributed by atoms with E-state index in [1.165, 1.54) is 13.2 Å². The standard InChI is InChI=1S/C19H18FNO3/c1-24-17(22)13-7-9-14(10-8-13)21-18(23)19(11-4-12-19)15-5-2-3-6-16(15)20/h2-3,5-10H,4,11-12H2,1H3,(H,21,23). The Morgan fingerprint density at radius 1 is 1.08 bits per heavy atom. The number of hydrogen-bond donors (Lipinski definition) is 1. The van der Waals surface area contributed by atoms with Gasteiger partial charge in [0.1, 0.15) is 5.82 Å². The van der Waals surface area contributed by atoms with E-state index in [1.807, 2.05) is 0 Å². The molecule has 0 radical (unpaired) electrons. The van der Waals surface area contributed by atoms with E-state index in [2.05, 4.69) is 10.1 Å². The Balaban J connectivity index is 1.81. The third kappa shape index (κ3) is 2.77. The minimum Gasteiger partial charge on any atom is -0.465 e. The van der Waals surface area contributed by atoms with Crippen LogP contribution >= 0.6 is 0 Å². The van der Waals surface area contributed by atoms with Crippen LogP contribution < -0.4 is 5.32 Å². The Kier molecular flexibility index (Phi) is 4.34. The van der Waals surface area contributed by atoms with Crippen LogP contribution in [0.4, 0.5) is 10.1 Å². The molecule has 0 aliphatic heterocycles. The zero-order chi connectivity index (χ0) is 17.2. The Bertz CT molecular complexity index is 766. The molecule has 0 spiro atoms. The molecule has 24 heavy (non-hydrogen) atoms. The van der Waals surface area contributed by atoms with Crippen LogP contribution in [-0.2, 0) is 14.9 Å². The van der Waals surface area contributed by atoms with E-state index < -0.39 is 11.4 Å². The van der Waals surface area contributed by atoms with Crippen LogP contribution in [0.5, 0.6) is 0 Å². The molecule has 0 bridgehead atoms.